The van der Waals surface area contributed by atoms with E-state index in [4.69, 9.17) is 28.8 Å². The zero-order valence-electron chi connectivity index (χ0n) is 10.3. The molecule has 0 aliphatic rings. The summed E-state index contributed by atoms with van der Waals surface area (Å²) in [5, 5.41) is 9.09. The van der Waals surface area contributed by atoms with Gasteiger partial charge in [-0.05, 0) is 0 Å². The summed E-state index contributed by atoms with van der Waals surface area (Å²) in [5.74, 6) is -2.45. The van der Waals surface area contributed by atoms with E-state index in [1.54, 1.807) is 30.3 Å². The number of carboxylic acid groups (broad SMARTS) is 1. The monoisotopic (exact) mass is 280 g/mol. The largest absolute Gasteiger partial charge is 0.481 e. The fourth-order valence-electron chi connectivity index (χ4n) is 1.69. The maximum atomic E-state index is 11.9. The van der Waals surface area contributed by atoms with Gasteiger partial charge in [0.05, 0.1) is 0 Å². The van der Waals surface area contributed by atoms with E-state index < -0.39 is 17.9 Å². The number of nitrogens with two attached hydrogens (primary N) is 2. The molecule has 2 atom stereocenters. The summed E-state index contributed by atoms with van der Waals surface area (Å²) < 4.78 is 0. The van der Waals surface area contributed by atoms with Crippen LogP contribution in [0.5, 0.6) is 0 Å². The average Bonchev–Trinajstić information content (AvgIpc) is 2.39. The SMILES string of the molecule is NCC(N)C(C(=O)O)C(=S)CC(=O)c1ccccc1. The Morgan fingerprint density at radius 2 is 1.84 bits per heavy atom. The lowest BCUT2D eigenvalue weighted by molar-refractivity contribution is -0.139. The third-order valence-corrected chi connectivity index (χ3v) is 3.14. The van der Waals surface area contributed by atoms with Crippen LogP contribution in [0.1, 0.15) is 16.8 Å². The number of ketones is 1. The number of hydrogen-bond donors (Lipinski definition) is 3. The number of Topliss-reactive ketones (excluding diaryl/α,β-unsaturated/α-hetero) is 1. The molecule has 0 amide bonds. The highest BCUT2D eigenvalue weighted by Crippen LogP contribution is 2.12. The van der Waals surface area contributed by atoms with Gasteiger partial charge >= 0.3 is 5.97 Å². The van der Waals surface area contributed by atoms with Crippen LogP contribution in [0.15, 0.2) is 30.3 Å². The van der Waals surface area contributed by atoms with Gasteiger partial charge in [-0.3, -0.25) is 9.59 Å². The van der Waals surface area contributed by atoms with Crippen LogP contribution in [0.4, 0.5) is 0 Å². The third kappa shape index (κ3) is 4.20. The predicted molar refractivity (Wildman–Crippen MR) is 76.1 cm³/mol. The minimum absolute atomic E-state index is 0.00334. The Balaban J connectivity index is 2.78. The Morgan fingerprint density at radius 3 is 2.32 bits per heavy atom. The topological polar surface area (TPSA) is 106 Å². The molecule has 5 nitrogen and oxygen atoms in total. The smallest absolute Gasteiger partial charge is 0.313 e. The minimum Gasteiger partial charge on any atom is -0.481 e. The summed E-state index contributed by atoms with van der Waals surface area (Å²) in [6, 6.07) is 7.79. The third-order valence-electron chi connectivity index (χ3n) is 2.74. The number of hydrogen-bond acceptors (Lipinski definition) is 5. The first-order valence-corrected chi connectivity index (χ1v) is 6.17. The first kappa shape index (κ1) is 15.4. The molecule has 0 aromatic heterocycles. The zero-order valence-corrected chi connectivity index (χ0v) is 11.1. The summed E-state index contributed by atoms with van der Waals surface area (Å²) in [6.07, 6.45) is -0.121. The Labute approximate surface area is 116 Å². The van der Waals surface area contributed by atoms with Crippen molar-refractivity contribution in [3.63, 3.8) is 0 Å². The minimum atomic E-state index is -1.15. The van der Waals surface area contributed by atoms with Crippen LogP contribution < -0.4 is 11.5 Å². The van der Waals surface area contributed by atoms with E-state index in [-0.39, 0.29) is 23.6 Å². The Hall–Kier alpha value is -1.63. The van der Waals surface area contributed by atoms with Gasteiger partial charge in [-0.2, -0.15) is 0 Å². The number of benzene rings is 1. The molecule has 0 saturated heterocycles. The maximum absolute atomic E-state index is 11.9. The predicted octanol–water partition coefficient (Wildman–Crippen LogP) is 0.616. The fourth-order valence-corrected chi connectivity index (χ4v) is 2.10. The Bertz CT molecular complexity index is 476. The van der Waals surface area contributed by atoms with Gasteiger partial charge in [0, 0.05) is 29.4 Å². The van der Waals surface area contributed by atoms with E-state index in [2.05, 4.69) is 0 Å². The van der Waals surface area contributed by atoms with Gasteiger partial charge in [-0.25, -0.2) is 0 Å². The van der Waals surface area contributed by atoms with E-state index in [9.17, 15) is 9.59 Å². The quantitative estimate of drug-likeness (QED) is 0.499. The van der Waals surface area contributed by atoms with Crippen molar-refractivity contribution in [3.05, 3.63) is 35.9 Å². The van der Waals surface area contributed by atoms with Crippen LogP contribution in [0.25, 0.3) is 0 Å². The number of carboxylic acids is 1. The Kier molecular flexibility index (Phi) is 5.75. The molecule has 2 unspecified atom stereocenters. The van der Waals surface area contributed by atoms with E-state index in [0.717, 1.165) is 0 Å². The van der Waals surface area contributed by atoms with Crippen molar-refractivity contribution >= 4 is 28.8 Å². The van der Waals surface area contributed by atoms with Gasteiger partial charge in [0.25, 0.3) is 0 Å². The van der Waals surface area contributed by atoms with Crippen molar-refractivity contribution in [1.29, 1.82) is 0 Å². The van der Waals surface area contributed by atoms with Gasteiger partial charge < -0.3 is 16.6 Å². The fraction of sp³-hybridized carbons (Fsp3) is 0.308. The van der Waals surface area contributed by atoms with Gasteiger partial charge in [-0.1, -0.05) is 42.5 Å². The molecule has 0 saturated carbocycles. The normalized spacial score (nSPS) is 13.6. The summed E-state index contributed by atoms with van der Waals surface area (Å²) >= 11 is 5.03. The van der Waals surface area contributed by atoms with Gasteiger partial charge in [-0.15, -0.1) is 0 Å². The van der Waals surface area contributed by atoms with Crippen LogP contribution in [-0.2, 0) is 4.79 Å². The van der Waals surface area contributed by atoms with Crippen molar-refractivity contribution in [2.45, 2.75) is 12.5 Å². The first-order valence-electron chi connectivity index (χ1n) is 5.76. The average molecular weight is 280 g/mol. The first-order chi connectivity index (χ1) is 8.97. The number of carbonyl (C=O) groups excluding carboxylic acids is 1. The number of carbonyl (C=O) groups is 2. The second kappa shape index (κ2) is 7.08. The van der Waals surface area contributed by atoms with Gasteiger partial charge in [0.2, 0.25) is 0 Å². The standard InChI is InChI=1S/C13H16N2O3S/c14-7-9(15)12(13(17)18)11(19)6-10(16)8-4-2-1-3-5-8/h1-5,9,12H,6-7,14-15H2,(H,17,18). The lowest BCUT2D eigenvalue weighted by Gasteiger charge is -2.19. The summed E-state index contributed by atoms with van der Waals surface area (Å²) in [7, 11) is 0. The molecule has 0 heterocycles. The number of thiocarbonyl (C=S) groups is 1. The highest BCUT2D eigenvalue weighted by molar-refractivity contribution is 7.80. The molecule has 0 fully saturated rings. The van der Waals surface area contributed by atoms with Crippen LogP contribution in [0.2, 0.25) is 0 Å². The lowest BCUT2D eigenvalue weighted by Crippen LogP contribution is -2.45. The van der Waals surface area contributed by atoms with Crippen molar-refractivity contribution in [2.75, 3.05) is 6.54 Å². The molecule has 0 radical (unpaired) electrons. The van der Waals surface area contributed by atoms with E-state index >= 15 is 0 Å². The second-order valence-corrected chi connectivity index (χ2v) is 4.67. The van der Waals surface area contributed by atoms with Crippen molar-refractivity contribution in [1.82, 2.24) is 0 Å². The summed E-state index contributed by atoms with van der Waals surface area (Å²) in [4.78, 5) is 23.2. The number of rotatable bonds is 7. The molecule has 1 aromatic rings. The summed E-state index contributed by atoms with van der Waals surface area (Å²) in [6.45, 7) is -0.00334. The molecule has 5 N–H and O–H groups in total. The van der Waals surface area contributed by atoms with Crippen LogP contribution in [0, 0.1) is 5.92 Å². The second-order valence-electron chi connectivity index (χ2n) is 4.15. The molecule has 1 aromatic carbocycles. The van der Waals surface area contributed by atoms with E-state index in [0.29, 0.717) is 5.56 Å². The summed E-state index contributed by atoms with van der Waals surface area (Å²) in [5.41, 5.74) is 11.5. The van der Waals surface area contributed by atoms with Crippen LogP contribution >= 0.6 is 12.2 Å². The molecule has 0 aliphatic carbocycles. The molecule has 102 valence electrons. The van der Waals surface area contributed by atoms with Crippen LogP contribution in [0.3, 0.4) is 0 Å². The van der Waals surface area contributed by atoms with Gasteiger partial charge in [0.15, 0.2) is 5.78 Å². The molecule has 0 bridgehead atoms. The van der Waals surface area contributed by atoms with E-state index in [1.165, 1.54) is 0 Å². The molecular weight excluding hydrogens is 264 g/mol. The molecule has 19 heavy (non-hydrogen) atoms. The van der Waals surface area contributed by atoms with Crippen LogP contribution in [-0.4, -0.2) is 34.3 Å². The van der Waals surface area contributed by atoms with Crippen molar-refractivity contribution in [2.24, 2.45) is 17.4 Å². The molecule has 1 rings (SSSR count). The highest BCUT2D eigenvalue weighted by atomic mass is 32.1. The Morgan fingerprint density at radius 1 is 1.26 bits per heavy atom. The molecular formula is C13H16N2O3S. The number of aliphatic carboxylic acids is 1. The zero-order chi connectivity index (χ0) is 14.4. The lowest BCUT2D eigenvalue weighted by atomic mass is 9.92. The maximum Gasteiger partial charge on any atom is 0.313 e. The van der Waals surface area contributed by atoms with Crippen molar-refractivity contribution in [3.8, 4) is 0 Å². The van der Waals surface area contributed by atoms with E-state index in [1.807, 2.05) is 0 Å². The van der Waals surface area contributed by atoms with Gasteiger partial charge in [0.1, 0.15) is 5.92 Å². The molecule has 0 spiro atoms. The van der Waals surface area contributed by atoms with Crippen molar-refractivity contribution < 1.29 is 14.7 Å². The highest BCUT2D eigenvalue weighted by Gasteiger charge is 2.29. The molecule has 0 aliphatic heterocycles. The molecule has 6 heteroatoms.